The van der Waals surface area contributed by atoms with Crippen molar-refractivity contribution in [1.82, 2.24) is 5.32 Å². The molecule has 6 heteroatoms. The second-order valence-corrected chi connectivity index (χ2v) is 5.30. The zero-order chi connectivity index (χ0) is 12.0. The lowest BCUT2D eigenvalue weighted by Gasteiger charge is -2.26. The van der Waals surface area contributed by atoms with Crippen LogP contribution in [0.2, 0.25) is 5.31 Å². The molecule has 0 amide bonds. The van der Waals surface area contributed by atoms with Gasteiger partial charge in [-0.3, -0.25) is 4.79 Å². The third kappa shape index (κ3) is 6.30. The highest BCUT2D eigenvalue weighted by atomic mass is 35.5. The van der Waals surface area contributed by atoms with Crippen LogP contribution in [0.4, 0.5) is 0 Å². The Morgan fingerprint density at radius 1 is 1.44 bits per heavy atom. The molecule has 0 aromatic rings. The number of aliphatic carboxylic acids is 1. The van der Waals surface area contributed by atoms with E-state index in [4.69, 9.17) is 0 Å². The highest BCUT2D eigenvalue weighted by Gasteiger charge is 2.32. The van der Waals surface area contributed by atoms with Gasteiger partial charge in [-0.05, 0) is 38.6 Å². The minimum absolute atomic E-state index is 0. The molecule has 108 valence electrons. The van der Waals surface area contributed by atoms with Crippen molar-refractivity contribution in [3.63, 3.8) is 0 Å². The van der Waals surface area contributed by atoms with Crippen LogP contribution in [0.15, 0.2) is 0 Å². The van der Waals surface area contributed by atoms with Crippen molar-refractivity contribution in [3.8, 4) is 0 Å². The molecule has 1 saturated heterocycles. The summed E-state index contributed by atoms with van der Waals surface area (Å²) >= 11 is 0. The highest BCUT2D eigenvalue weighted by Crippen LogP contribution is 2.35. The molecule has 3 nitrogen and oxygen atoms in total. The van der Waals surface area contributed by atoms with Gasteiger partial charge in [0.1, 0.15) is 7.85 Å². The van der Waals surface area contributed by atoms with Crippen molar-refractivity contribution >= 4 is 38.6 Å². The summed E-state index contributed by atoms with van der Waals surface area (Å²) in [6, 6.07) is 0.556. The van der Waals surface area contributed by atoms with Gasteiger partial charge in [0.05, 0.1) is 0 Å². The lowest BCUT2D eigenvalue weighted by atomic mass is 9.62. The summed E-state index contributed by atoms with van der Waals surface area (Å²) in [5.74, 6) is -0.626. The number of unbranched alkanes of at least 4 members (excludes halogenated alkanes) is 1. The fourth-order valence-electron chi connectivity index (χ4n) is 2.40. The van der Waals surface area contributed by atoms with Gasteiger partial charge in [-0.25, -0.2) is 0 Å². The van der Waals surface area contributed by atoms with E-state index in [1.807, 2.05) is 7.85 Å². The van der Waals surface area contributed by atoms with E-state index in [2.05, 4.69) is 12.2 Å². The molecule has 2 atom stereocenters. The fraction of sp³-hybridized carbons (Fsp3) is 0.917. The second kappa shape index (κ2) is 9.93. The van der Waals surface area contributed by atoms with Crippen LogP contribution in [0.5, 0.6) is 0 Å². The van der Waals surface area contributed by atoms with Gasteiger partial charge in [0, 0.05) is 11.4 Å². The number of hydrogen-bond acceptors (Lipinski definition) is 2. The summed E-state index contributed by atoms with van der Waals surface area (Å²) < 4.78 is 0. The van der Waals surface area contributed by atoms with Crippen LogP contribution >= 0.6 is 24.8 Å². The van der Waals surface area contributed by atoms with Crippen LogP contribution in [-0.4, -0.2) is 31.5 Å². The zero-order valence-electron chi connectivity index (χ0n) is 11.4. The molecular formula is C12H26BCl2NO2. The lowest BCUT2D eigenvalue weighted by Crippen LogP contribution is -2.28. The molecule has 0 aromatic carbocycles. The average Bonchev–Trinajstić information content (AvgIpc) is 2.76. The molecule has 1 fully saturated rings. The molecule has 0 aliphatic carbocycles. The molecule has 2 N–H and O–H groups in total. The van der Waals surface area contributed by atoms with E-state index in [0.717, 1.165) is 38.6 Å². The topological polar surface area (TPSA) is 49.3 Å². The highest BCUT2D eigenvalue weighted by molar-refractivity contribution is 6.26. The Morgan fingerprint density at radius 3 is 2.56 bits per heavy atom. The molecule has 1 rings (SSSR count). The number of halogens is 2. The first kappa shape index (κ1) is 20.4. The van der Waals surface area contributed by atoms with Crippen molar-refractivity contribution in [3.05, 3.63) is 0 Å². The van der Waals surface area contributed by atoms with Gasteiger partial charge < -0.3 is 10.4 Å². The van der Waals surface area contributed by atoms with E-state index >= 15 is 0 Å². The van der Waals surface area contributed by atoms with E-state index < -0.39 is 11.3 Å². The van der Waals surface area contributed by atoms with E-state index in [9.17, 15) is 9.90 Å². The summed E-state index contributed by atoms with van der Waals surface area (Å²) in [7, 11) is 1.90. The van der Waals surface area contributed by atoms with Crippen LogP contribution in [0.1, 0.15) is 51.9 Å². The lowest BCUT2D eigenvalue weighted by molar-refractivity contribution is -0.141. The zero-order valence-corrected chi connectivity index (χ0v) is 13.0. The molecule has 18 heavy (non-hydrogen) atoms. The standard InChI is InChI=1S/C12H24BNO2.2ClH/c1-2-3-7-12(13,11(15)16)8-6-10-5-4-9-14-10;;/h10,14H,2-9,13H2,1H3,(H,15,16);2*1H. The Labute approximate surface area is 124 Å². The van der Waals surface area contributed by atoms with Crippen LogP contribution in [0, 0.1) is 0 Å². The number of carboxylic acid groups (broad SMARTS) is 1. The van der Waals surface area contributed by atoms with Gasteiger partial charge in [0.2, 0.25) is 0 Å². The van der Waals surface area contributed by atoms with Crippen molar-refractivity contribution in [1.29, 1.82) is 0 Å². The normalized spacial score (nSPS) is 21.5. The molecule has 0 bridgehead atoms. The Hall–Kier alpha value is 0.0749. The predicted octanol–water partition coefficient (Wildman–Crippen LogP) is 2.43. The Bertz CT molecular complexity index is 238. The maximum absolute atomic E-state index is 11.3. The summed E-state index contributed by atoms with van der Waals surface area (Å²) in [4.78, 5) is 11.3. The van der Waals surface area contributed by atoms with Crippen molar-refractivity contribution in [2.24, 2.45) is 0 Å². The molecule has 0 spiro atoms. The molecule has 0 radical (unpaired) electrons. The Balaban J connectivity index is 0. The average molecular weight is 298 g/mol. The van der Waals surface area contributed by atoms with Crippen molar-refractivity contribution in [2.75, 3.05) is 6.54 Å². The quantitative estimate of drug-likeness (QED) is 0.710. The largest absolute Gasteiger partial charge is 0.481 e. The summed E-state index contributed by atoms with van der Waals surface area (Å²) in [5.41, 5.74) is 0. The molecule has 0 aromatic heterocycles. The van der Waals surface area contributed by atoms with E-state index in [-0.39, 0.29) is 24.8 Å². The smallest absolute Gasteiger partial charge is 0.301 e. The van der Waals surface area contributed by atoms with Gasteiger partial charge >= 0.3 is 5.97 Å². The van der Waals surface area contributed by atoms with Crippen LogP contribution < -0.4 is 5.32 Å². The van der Waals surface area contributed by atoms with Gasteiger partial charge in [-0.1, -0.05) is 19.8 Å². The van der Waals surface area contributed by atoms with E-state index in [0.29, 0.717) is 6.04 Å². The van der Waals surface area contributed by atoms with Gasteiger partial charge in [-0.15, -0.1) is 24.8 Å². The SMILES string of the molecule is BC(CCCC)(CCC1CCCN1)C(=O)O.Cl.Cl. The number of carboxylic acids is 1. The number of hydrogen-bond donors (Lipinski definition) is 2. The van der Waals surface area contributed by atoms with Crippen molar-refractivity contribution in [2.45, 2.75) is 63.2 Å². The molecule has 1 heterocycles. The maximum atomic E-state index is 11.3. The summed E-state index contributed by atoms with van der Waals surface area (Å²) in [6.45, 7) is 3.21. The molecule has 1 aliphatic heterocycles. The first-order valence-electron chi connectivity index (χ1n) is 6.55. The second-order valence-electron chi connectivity index (χ2n) is 5.30. The minimum atomic E-state index is -0.626. The maximum Gasteiger partial charge on any atom is 0.301 e. The van der Waals surface area contributed by atoms with Crippen LogP contribution in [-0.2, 0) is 4.79 Å². The molecule has 0 saturated carbocycles. The first-order valence-corrected chi connectivity index (χ1v) is 6.55. The monoisotopic (exact) mass is 297 g/mol. The van der Waals surface area contributed by atoms with Gasteiger partial charge in [0.15, 0.2) is 0 Å². The number of rotatable bonds is 7. The van der Waals surface area contributed by atoms with E-state index in [1.165, 1.54) is 12.8 Å². The fourth-order valence-corrected chi connectivity index (χ4v) is 2.40. The van der Waals surface area contributed by atoms with Crippen LogP contribution in [0.3, 0.4) is 0 Å². The number of nitrogens with one attached hydrogen (secondary N) is 1. The Morgan fingerprint density at radius 2 is 2.11 bits per heavy atom. The third-order valence-electron chi connectivity index (χ3n) is 3.81. The van der Waals surface area contributed by atoms with Gasteiger partial charge in [-0.2, -0.15) is 0 Å². The summed E-state index contributed by atoms with van der Waals surface area (Å²) in [5, 5.41) is 12.2. The Kier molecular flexibility index (Phi) is 11.3. The predicted molar refractivity (Wildman–Crippen MR) is 83.2 cm³/mol. The molecule has 1 aliphatic rings. The van der Waals surface area contributed by atoms with E-state index in [1.54, 1.807) is 0 Å². The molecular weight excluding hydrogens is 272 g/mol. The first-order chi connectivity index (χ1) is 7.58. The van der Waals surface area contributed by atoms with Crippen molar-refractivity contribution < 1.29 is 9.90 Å². The number of carbonyl (C=O) groups is 1. The summed E-state index contributed by atoms with van der Waals surface area (Å²) in [6.07, 6.45) is 7.16. The molecule has 2 unspecified atom stereocenters. The minimum Gasteiger partial charge on any atom is -0.481 e. The van der Waals surface area contributed by atoms with Gasteiger partial charge in [0.25, 0.3) is 0 Å². The third-order valence-corrected chi connectivity index (χ3v) is 3.81. The van der Waals surface area contributed by atoms with Crippen LogP contribution in [0.25, 0.3) is 0 Å².